The molecule has 1 atom stereocenters. The highest BCUT2D eigenvalue weighted by molar-refractivity contribution is 5.41. The van der Waals surface area contributed by atoms with Crippen molar-refractivity contribution in [2.45, 2.75) is 26.8 Å². The lowest BCUT2D eigenvalue weighted by atomic mass is 9.83. The first-order chi connectivity index (χ1) is 6.32. The Morgan fingerprint density at radius 2 is 1.79 bits per heavy atom. The molecule has 0 aromatic heterocycles. The van der Waals surface area contributed by atoms with E-state index in [4.69, 9.17) is 10.8 Å². The molecule has 0 saturated heterocycles. The molecule has 0 radical (unpaired) electrons. The zero-order chi connectivity index (χ0) is 10.9. The number of aromatic hydroxyl groups is 2. The van der Waals surface area contributed by atoms with Gasteiger partial charge < -0.3 is 15.9 Å². The molecule has 0 aliphatic rings. The Morgan fingerprint density at radius 3 is 2.21 bits per heavy atom. The fourth-order valence-electron chi connectivity index (χ4n) is 1.26. The Labute approximate surface area is 84.2 Å². The normalized spacial score (nSPS) is 14.0. The zero-order valence-electron chi connectivity index (χ0n) is 8.78. The molecule has 0 spiro atoms. The molecule has 0 fully saturated rings. The van der Waals surface area contributed by atoms with Crippen LogP contribution >= 0.6 is 0 Å². The van der Waals surface area contributed by atoms with Crippen molar-refractivity contribution < 1.29 is 10.2 Å². The van der Waals surface area contributed by atoms with Crippen LogP contribution in [0.2, 0.25) is 0 Å². The number of hydrogen-bond donors (Lipinski definition) is 3. The molecule has 3 nitrogen and oxygen atoms in total. The van der Waals surface area contributed by atoms with Crippen LogP contribution in [0.3, 0.4) is 0 Å². The standard InChI is InChI=1S/C11H17NO2/c1-11(2,3)10(12)8-5-4-7(13)6-9(8)14/h4-6,10,13-14H,12H2,1-3H3/t10-/m0/s1. The molecule has 0 aliphatic heterocycles. The maximum absolute atomic E-state index is 9.59. The average molecular weight is 195 g/mol. The molecule has 0 saturated carbocycles. The van der Waals surface area contributed by atoms with Crippen LogP contribution in [0.5, 0.6) is 11.5 Å². The number of rotatable bonds is 1. The number of hydrogen-bond acceptors (Lipinski definition) is 3. The Morgan fingerprint density at radius 1 is 1.21 bits per heavy atom. The summed E-state index contributed by atoms with van der Waals surface area (Å²) in [6.45, 7) is 6.01. The van der Waals surface area contributed by atoms with Crippen molar-refractivity contribution in [2.75, 3.05) is 0 Å². The van der Waals surface area contributed by atoms with Gasteiger partial charge in [0, 0.05) is 17.7 Å². The van der Waals surface area contributed by atoms with Gasteiger partial charge in [0.25, 0.3) is 0 Å². The van der Waals surface area contributed by atoms with E-state index in [1.807, 2.05) is 20.8 Å². The third-order valence-corrected chi connectivity index (χ3v) is 2.28. The first kappa shape index (κ1) is 10.9. The molecule has 0 bridgehead atoms. The lowest BCUT2D eigenvalue weighted by Crippen LogP contribution is -2.26. The summed E-state index contributed by atoms with van der Waals surface area (Å²) in [6.07, 6.45) is 0. The third kappa shape index (κ3) is 2.17. The molecule has 78 valence electrons. The fourth-order valence-corrected chi connectivity index (χ4v) is 1.26. The molecule has 14 heavy (non-hydrogen) atoms. The van der Waals surface area contributed by atoms with E-state index in [-0.39, 0.29) is 23.0 Å². The van der Waals surface area contributed by atoms with Crippen LogP contribution in [0.15, 0.2) is 18.2 Å². The highest BCUT2D eigenvalue weighted by atomic mass is 16.3. The van der Waals surface area contributed by atoms with Gasteiger partial charge in [-0.25, -0.2) is 0 Å². The van der Waals surface area contributed by atoms with E-state index < -0.39 is 0 Å². The van der Waals surface area contributed by atoms with E-state index in [9.17, 15) is 5.11 Å². The number of phenols is 2. The van der Waals surface area contributed by atoms with Crippen molar-refractivity contribution in [3.63, 3.8) is 0 Å². The van der Waals surface area contributed by atoms with Crippen molar-refractivity contribution in [3.05, 3.63) is 23.8 Å². The average Bonchev–Trinajstić information content (AvgIpc) is 2.01. The van der Waals surface area contributed by atoms with Gasteiger partial charge in [-0.2, -0.15) is 0 Å². The predicted octanol–water partition coefficient (Wildman–Crippen LogP) is 2.14. The molecule has 4 N–H and O–H groups in total. The highest BCUT2D eigenvalue weighted by Crippen LogP contribution is 2.36. The van der Waals surface area contributed by atoms with Gasteiger partial charge in [0.05, 0.1) is 0 Å². The molecule has 0 heterocycles. The summed E-state index contributed by atoms with van der Waals surface area (Å²) in [4.78, 5) is 0. The van der Waals surface area contributed by atoms with Crippen LogP contribution in [0.4, 0.5) is 0 Å². The van der Waals surface area contributed by atoms with Gasteiger partial charge in [-0.3, -0.25) is 0 Å². The van der Waals surface area contributed by atoms with Crippen molar-refractivity contribution in [2.24, 2.45) is 11.1 Å². The quantitative estimate of drug-likeness (QED) is 0.643. The van der Waals surface area contributed by atoms with E-state index in [1.54, 1.807) is 6.07 Å². The molecule has 1 rings (SSSR count). The second kappa shape index (κ2) is 3.50. The number of benzene rings is 1. The molecular formula is C11H17NO2. The van der Waals surface area contributed by atoms with Gasteiger partial charge in [-0.05, 0) is 11.5 Å². The SMILES string of the molecule is CC(C)(C)[C@@H](N)c1ccc(O)cc1O. The van der Waals surface area contributed by atoms with Crippen LogP contribution < -0.4 is 5.73 Å². The maximum Gasteiger partial charge on any atom is 0.124 e. The molecule has 1 aromatic carbocycles. The summed E-state index contributed by atoms with van der Waals surface area (Å²) in [7, 11) is 0. The number of nitrogens with two attached hydrogens (primary N) is 1. The lowest BCUT2D eigenvalue weighted by molar-refractivity contribution is 0.317. The van der Waals surface area contributed by atoms with Crippen LogP contribution in [0.25, 0.3) is 0 Å². The summed E-state index contributed by atoms with van der Waals surface area (Å²) < 4.78 is 0. The zero-order valence-corrected chi connectivity index (χ0v) is 8.78. The largest absolute Gasteiger partial charge is 0.508 e. The van der Waals surface area contributed by atoms with Crippen LogP contribution in [0.1, 0.15) is 32.4 Å². The van der Waals surface area contributed by atoms with E-state index in [1.165, 1.54) is 12.1 Å². The summed E-state index contributed by atoms with van der Waals surface area (Å²) in [6, 6.07) is 4.24. The molecule has 0 aliphatic carbocycles. The molecular weight excluding hydrogens is 178 g/mol. The lowest BCUT2D eigenvalue weighted by Gasteiger charge is -2.27. The van der Waals surface area contributed by atoms with E-state index >= 15 is 0 Å². The summed E-state index contributed by atoms with van der Waals surface area (Å²) in [5, 5.41) is 18.7. The summed E-state index contributed by atoms with van der Waals surface area (Å²) in [5.41, 5.74) is 6.53. The Kier molecular flexibility index (Phi) is 2.71. The smallest absolute Gasteiger partial charge is 0.124 e. The predicted molar refractivity (Wildman–Crippen MR) is 56.2 cm³/mol. The Hall–Kier alpha value is -1.22. The minimum atomic E-state index is -0.247. The van der Waals surface area contributed by atoms with Crippen molar-refractivity contribution >= 4 is 0 Å². The molecule has 1 aromatic rings. The van der Waals surface area contributed by atoms with Crippen molar-refractivity contribution in [1.82, 2.24) is 0 Å². The van der Waals surface area contributed by atoms with Crippen molar-refractivity contribution in [3.8, 4) is 11.5 Å². The topological polar surface area (TPSA) is 66.5 Å². The minimum absolute atomic E-state index is 0.0485. The highest BCUT2D eigenvalue weighted by Gasteiger charge is 2.24. The molecule has 0 unspecified atom stereocenters. The Bertz CT molecular complexity index is 329. The van der Waals surface area contributed by atoms with Gasteiger partial charge >= 0.3 is 0 Å². The van der Waals surface area contributed by atoms with Gasteiger partial charge in [-0.15, -0.1) is 0 Å². The van der Waals surface area contributed by atoms with E-state index in [0.29, 0.717) is 5.56 Å². The van der Waals surface area contributed by atoms with Crippen LogP contribution in [-0.2, 0) is 0 Å². The summed E-state index contributed by atoms with van der Waals surface area (Å²) in [5.74, 6) is 0.0970. The van der Waals surface area contributed by atoms with Gasteiger partial charge in [0.15, 0.2) is 0 Å². The van der Waals surface area contributed by atoms with Crippen LogP contribution in [-0.4, -0.2) is 10.2 Å². The second-order valence-corrected chi connectivity index (χ2v) is 4.59. The second-order valence-electron chi connectivity index (χ2n) is 4.59. The summed E-state index contributed by atoms with van der Waals surface area (Å²) >= 11 is 0. The third-order valence-electron chi connectivity index (χ3n) is 2.28. The maximum atomic E-state index is 9.59. The fraction of sp³-hybridized carbons (Fsp3) is 0.455. The Balaban J connectivity index is 3.08. The molecule has 0 amide bonds. The van der Waals surface area contributed by atoms with E-state index in [2.05, 4.69) is 0 Å². The van der Waals surface area contributed by atoms with Crippen LogP contribution in [0, 0.1) is 5.41 Å². The first-order valence-electron chi connectivity index (χ1n) is 4.60. The van der Waals surface area contributed by atoms with Gasteiger partial charge in [0.2, 0.25) is 0 Å². The monoisotopic (exact) mass is 195 g/mol. The molecule has 3 heteroatoms. The van der Waals surface area contributed by atoms with Crippen molar-refractivity contribution in [1.29, 1.82) is 0 Å². The van der Waals surface area contributed by atoms with Gasteiger partial charge in [0.1, 0.15) is 11.5 Å². The first-order valence-corrected chi connectivity index (χ1v) is 4.60. The van der Waals surface area contributed by atoms with E-state index in [0.717, 1.165) is 0 Å². The number of phenolic OH excluding ortho intramolecular Hbond substituents is 2. The minimum Gasteiger partial charge on any atom is -0.508 e. The van der Waals surface area contributed by atoms with Gasteiger partial charge in [-0.1, -0.05) is 26.8 Å².